The standard InChI is InChI=1S/C17H35N3/c1-15(2)19-8-5-6-17(7-9-19)14-18-10-12-20(13-11-18)16(3)4/h15-17H,5-14H2,1-4H3/t17-/m0/s1. The predicted molar refractivity (Wildman–Crippen MR) is 87.2 cm³/mol. The molecule has 0 aromatic carbocycles. The zero-order valence-electron chi connectivity index (χ0n) is 14.1. The van der Waals surface area contributed by atoms with Gasteiger partial charge in [0.2, 0.25) is 0 Å². The summed E-state index contributed by atoms with van der Waals surface area (Å²) >= 11 is 0. The zero-order chi connectivity index (χ0) is 14.5. The molecule has 2 fully saturated rings. The quantitative estimate of drug-likeness (QED) is 0.784. The number of likely N-dealkylation sites (tertiary alicyclic amines) is 1. The first-order valence-corrected chi connectivity index (χ1v) is 8.76. The lowest BCUT2D eigenvalue weighted by Crippen LogP contribution is -2.49. The Balaban J connectivity index is 1.72. The second-order valence-electron chi connectivity index (χ2n) is 7.36. The predicted octanol–water partition coefficient (Wildman–Crippen LogP) is 2.52. The molecule has 2 aliphatic rings. The molecule has 2 aliphatic heterocycles. The average Bonchev–Trinajstić information content (AvgIpc) is 2.65. The Morgan fingerprint density at radius 1 is 0.750 bits per heavy atom. The molecule has 0 bridgehead atoms. The van der Waals surface area contributed by atoms with Gasteiger partial charge in [0.05, 0.1) is 0 Å². The van der Waals surface area contributed by atoms with Crippen molar-refractivity contribution in [3.05, 3.63) is 0 Å². The van der Waals surface area contributed by atoms with Crippen LogP contribution in [0.4, 0.5) is 0 Å². The van der Waals surface area contributed by atoms with E-state index in [9.17, 15) is 0 Å². The minimum atomic E-state index is 0.717. The van der Waals surface area contributed by atoms with Crippen LogP contribution in [0.25, 0.3) is 0 Å². The third kappa shape index (κ3) is 4.71. The van der Waals surface area contributed by atoms with Crippen LogP contribution in [0, 0.1) is 5.92 Å². The van der Waals surface area contributed by atoms with Crippen molar-refractivity contribution in [3.8, 4) is 0 Å². The summed E-state index contributed by atoms with van der Waals surface area (Å²) in [6, 6.07) is 1.44. The van der Waals surface area contributed by atoms with Crippen molar-refractivity contribution < 1.29 is 0 Å². The SMILES string of the molecule is CC(C)N1CCC[C@H](CN2CCN(C(C)C)CC2)CC1. The van der Waals surface area contributed by atoms with Gasteiger partial charge in [-0.3, -0.25) is 4.90 Å². The summed E-state index contributed by atoms with van der Waals surface area (Å²) in [6.07, 6.45) is 4.24. The first-order valence-electron chi connectivity index (χ1n) is 8.76. The Morgan fingerprint density at radius 2 is 1.35 bits per heavy atom. The highest BCUT2D eigenvalue weighted by Crippen LogP contribution is 2.20. The van der Waals surface area contributed by atoms with Crippen molar-refractivity contribution >= 4 is 0 Å². The van der Waals surface area contributed by atoms with Crippen LogP contribution in [0.15, 0.2) is 0 Å². The molecular weight excluding hydrogens is 246 g/mol. The fourth-order valence-electron chi connectivity index (χ4n) is 3.71. The van der Waals surface area contributed by atoms with E-state index in [-0.39, 0.29) is 0 Å². The first kappa shape index (κ1) is 16.3. The molecule has 0 spiro atoms. The molecule has 2 saturated heterocycles. The molecule has 3 heteroatoms. The lowest BCUT2D eigenvalue weighted by molar-refractivity contribution is 0.0942. The molecule has 1 atom stereocenters. The van der Waals surface area contributed by atoms with Crippen LogP contribution in [-0.2, 0) is 0 Å². The van der Waals surface area contributed by atoms with Gasteiger partial charge in [0, 0.05) is 44.8 Å². The van der Waals surface area contributed by atoms with Crippen LogP contribution in [-0.4, -0.2) is 72.6 Å². The maximum atomic E-state index is 2.72. The third-order valence-electron chi connectivity index (χ3n) is 5.27. The van der Waals surface area contributed by atoms with Crippen molar-refractivity contribution in [3.63, 3.8) is 0 Å². The van der Waals surface area contributed by atoms with Crippen molar-refractivity contribution in [2.75, 3.05) is 45.8 Å². The number of hydrogen-bond acceptors (Lipinski definition) is 3. The molecule has 0 aromatic rings. The van der Waals surface area contributed by atoms with Gasteiger partial charge in [0.15, 0.2) is 0 Å². The van der Waals surface area contributed by atoms with E-state index in [0.29, 0.717) is 0 Å². The number of hydrogen-bond donors (Lipinski definition) is 0. The van der Waals surface area contributed by atoms with Gasteiger partial charge in [0.1, 0.15) is 0 Å². The van der Waals surface area contributed by atoms with Gasteiger partial charge in [-0.1, -0.05) is 0 Å². The summed E-state index contributed by atoms with van der Waals surface area (Å²) in [7, 11) is 0. The van der Waals surface area contributed by atoms with Crippen LogP contribution < -0.4 is 0 Å². The van der Waals surface area contributed by atoms with E-state index in [1.54, 1.807) is 0 Å². The topological polar surface area (TPSA) is 9.72 Å². The molecule has 118 valence electrons. The van der Waals surface area contributed by atoms with Crippen LogP contribution in [0.3, 0.4) is 0 Å². The molecule has 20 heavy (non-hydrogen) atoms. The molecule has 2 rings (SSSR count). The summed E-state index contributed by atoms with van der Waals surface area (Å²) in [6.45, 7) is 18.4. The number of nitrogens with zero attached hydrogens (tertiary/aromatic N) is 3. The Hall–Kier alpha value is -0.120. The molecule has 0 aromatic heterocycles. The van der Waals surface area contributed by atoms with E-state index in [0.717, 1.165) is 18.0 Å². The highest BCUT2D eigenvalue weighted by Gasteiger charge is 2.23. The van der Waals surface area contributed by atoms with Crippen LogP contribution in [0.5, 0.6) is 0 Å². The Morgan fingerprint density at radius 3 is 1.95 bits per heavy atom. The van der Waals surface area contributed by atoms with Gasteiger partial charge >= 0.3 is 0 Å². The third-order valence-corrected chi connectivity index (χ3v) is 5.27. The molecule has 0 saturated carbocycles. The highest BCUT2D eigenvalue weighted by atomic mass is 15.3. The molecule has 0 amide bonds. The number of rotatable bonds is 4. The van der Waals surface area contributed by atoms with Gasteiger partial charge in [-0.25, -0.2) is 0 Å². The molecule has 0 N–H and O–H groups in total. The van der Waals surface area contributed by atoms with E-state index in [4.69, 9.17) is 0 Å². The summed E-state index contributed by atoms with van der Waals surface area (Å²) in [4.78, 5) is 8.00. The van der Waals surface area contributed by atoms with Gasteiger partial charge in [0.25, 0.3) is 0 Å². The summed E-state index contributed by atoms with van der Waals surface area (Å²) in [5, 5.41) is 0. The van der Waals surface area contributed by atoms with Crippen molar-refractivity contribution in [1.82, 2.24) is 14.7 Å². The lowest BCUT2D eigenvalue weighted by Gasteiger charge is -2.38. The Kier molecular flexibility index (Phi) is 6.31. The molecule has 0 unspecified atom stereocenters. The molecule has 2 heterocycles. The second kappa shape index (κ2) is 7.77. The van der Waals surface area contributed by atoms with Crippen molar-refractivity contribution in [2.45, 2.75) is 59.0 Å². The second-order valence-corrected chi connectivity index (χ2v) is 7.36. The van der Waals surface area contributed by atoms with Gasteiger partial charge in [-0.15, -0.1) is 0 Å². The monoisotopic (exact) mass is 281 g/mol. The van der Waals surface area contributed by atoms with Gasteiger partial charge in [-0.2, -0.15) is 0 Å². The lowest BCUT2D eigenvalue weighted by atomic mass is 9.99. The van der Waals surface area contributed by atoms with Gasteiger partial charge < -0.3 is 9.80 Å². The first-order chi connectivity index (χ1) is 9.56. The maximum Gasteiger partial charge on any atom is 0.0113 e. The Labute approximate surface area is 126 Å². The highest BCUT2D eigenvalue weighted by molar-refractivity contribution is 4.79. The average molecular weight is 281 g/mol. The fraction of sp³-hybridized carbons (Fsp3) is 1.00. The minimum absolute atomic E-state index is 0.717. The summed E-state index contributed by atoms with van der Waals surface area (Å²) < 4.78 is 0. The van der Waals surface area contributed by atoms with E-state index in [1.807, 2.05) is 0 Å². The minimum Gasteiger partial charge on any atom is -0.301 e. The molecule has 0 radical (unpaired) electrons. The van der Waals surface area contributed by atoms with E-state index in [1.165, 1.54) is 65.1 Å². The normalized spacial score (nSPS) is 28.2. The van der Waals surface area contributed by atoms with Crippen LogP contribution in [0.1, 0.15) is 47.0 Å². The Bertz CT molecular complexity index is 269. The molecular formula is C17H35N3. The molecule has 0 aliphatic carbocycles. The van der Waals surface area contributed by atoms with E-state index < -0.39 is 0 Å². The largest absolute Gasteiger partial charge is 0.301 e. The molecule has 3 nitrogen and oxygen atoms in total. The van der Waals surface area contributed by atoms with Crippen molar-refractivity contribution in [2.24, 2.45) is 5.92 Å². The maximum absolute atomic E-state index is 2.72. The van der Waals surface area contributed by atoms with Crippen molar-refractivity contribution in [1.29, 1.82) is 0 Å². The summed E-state index contributed by atoms with van der Waals surface area (Å²) in [5.74, 6) is 0.935. The number of piperazine rings is 1. The summed E-state index contributed by atoms with van der Waals surface area (Å²) in [5.41, 5.74) is 0. The van der Waals surface area contributed by atoms with Crippen LogP contribution >= 0.6 is 0 Å². The van der Waals surface area contributed by atoms with E-state index in [2.05, 4.69) is 42.4 Å². The van der Waals surface area contributed by atoms with Crippen LogP contribution in [0.2, 0.25) is 0 Å². The van der Waals surface area contributed by atoms with E-state index >= 15 is 0 Å². The fourth-order valence-corrected chi connectivity index (χ4v) is 3.71. The van der Waals surface area contributed by atoms with Gasteiger partial charge in [-0.05, 0) is 66.0 Å². The smallest absolute Gasteiger partial charge is 0.0113 e. The zero-order valence-corrected chi connectivity index (χ0v) is 14.1.